The number of ether oxygens (including phenoxy) is 2. The second-order valence-electron chi connectivity index (χ2n) is 7.58. The van der Waals surface area contributed by atoms with Crippen molar-refractivity contribution in [2.45, 2.75) is 58.5 Å². The number of benzene rings is 1. The summed E-state index contributed by atoms with van der Waals surface area (Å²) in [7, 11) is 0. The van der Waals surface area contributed by atoms with Crippen molar-refractivity contribution < 1.29 is 19.4 Å². The van der Waals surface area contributed by atoms with Gasteiger partial charge in [-0.05, 0) is 87.3 Å². The van der Waals surface area contributed by atoms with Crippen molar-refractivity contribution in [3.63, 3.8) is 0 Å². The van der Waals surface area contributed by atoms with Crippen LogP contribution in [-0.2, 0) is 22.4 Å². The first-order chi connectivity index (χ1) is 12.1. The molecular formula is C21H30O4. The third-order valence-corrected chi connectivity index (χ3v) is 5.88. The molecule has 0 aliphatic heterocycles. The highest BCUT2D eigenvalue weighted by atomic mass is 16.6. The predicted octanol–water partition coefficient (Wildman–Crippen LogP) is 3.53. The van der Waals surface area contributed by atoms with Crippen LogP contribution in [0, 0.1) is 17.8 Å². The SMILES string of the molecule is CCOC(=O)COc1cccc2c1CC1CCC(CCC(C)O)C1C2. The summed E-state index contributed by atoms with van der Waals surface area (Å²) in [5, 5.41) is 9.59. The van der Waals surface area contributed by atoms with Crippen LogP contribution < -0.4 is 4.74 Å². The fraction of sp³-hybridized carbons (Fsp3) is 0.667. The zero-order valence-electron chi connectivity index (χ0n) is 15.4. The van der Waals surface area contributed by atoms with E-state index in [2.05, 4.69) is 6.07 Å². The van der Waals surface area contributed by atoms with Gasteiger partial charge in [-0.2, -0.15) is 0 Å². The van der Waals surface area contributed by atoms with Crippen molar-refractivity contribution in [1.29, 1.82) is 0 Å². The summed E-state index contributed by atoms with van der Waals surface area (Å²) in [5.41, 5.74) is 2.65. The van der Waals surface area contributed by atoms with E-state index in [1.807, 2.05) is 19.1 Å². The number of carbonyl (C=O) groups excluding carboxylic acids is 1. The number of rotatable bonds is 7. The summed E-state index contributed by atoms with van der Waals surface area (Å²) in [6.45, 7) is 4.05. The topological polar surface area (TPSA) is 55.8 Å². The maximum absolute atomic E-state index is 11.6. The third kappa shape index (κ3) is 4.35. The molecule has 0 heterocycles. The molecule has 2 aliphatic carbocycles. The highest BCUT2D eigenvalue weighted by Crippen LogP contribution is 2.48. The Bertz CT molecular complexity index is 596. The maximum Gasteiger partial charge on any atom is 0.344 e. The van der Waals surface area contributed by atoms with Gasteiger partial charge >= 0.3 is 5.97 Å². The zero-order chi connectivity index (χ0) is 17.8. The first-order valence-corrected chi connectivity index (χ1v) is 9.65. The Hall–Kier alpha value is -1.55. The minimum Gasteiger partial charge on any atom is -0.482 e. The van der Waals surface area contributed by atoms with Gasteiger partial charge < -0.3 is 14.6 Å². The maximum atomic E-state index is 11.6. The Balaban J connectivity index is 1.67. The van der Waals surface area contributed by atoms with E-state index in [0.29, 0.717) is 12.5 Å². The number of carbonyl (C=O) groups is 1. The van der Waals surface area contributed by atoms with Gasteiger partial charge in [0.1, 0.15) is 5.75 Å². The molecule has 1 saturated carbocycles. The largest absolute Gasteiger partial charge is 0.482 e. The predicted molar refractivity (Wildman–Crippen MR) is 96.6 cm³/mol. The normalized spacial score (nSPS) is 25.8. The molecule has 2 aliphatic rings. The van der Waals surface area contributed by atoms with Crippen molar-refractivity contribution in [1.82, 2.24) is 0 Å². The second-order valence-corrected chi connectivity index (χ2v) is 7.58. The van der Waals surface area contributed by atoms with Crippen LogP contribution in [0.5, 0.6) is 5.75 Å². The van der Waals surface area contributed by atoms with E-state index < -0.39 is 0 Å². The van der Waals surface area contributed by atoms with Gasteiger partial charge in [-0.25, -0.2) is 4.79 Å². The van der Waals surface area contributed by atoms with Crippen molar-refractivity contribution in [3.8, 4) is 5.75 Å². The van der Waals surface area contributed by atoms with E-state index >= 15 is 0 Å². The minimum atomic E-state index is -0.312. The number of esters is 1. The molecule has 4 heteroatoms. The minimum absolute atomic E-state index is 0.0185. The molecular weight excluding hydrogens is 316 g/mol. The van der Waals surface area contributed by atoms with E-state index in [0.717, 1.165) is 43.3 Å². The smallest absolute Gasteiger partial charge is 0.344 e. The van der Waals surface area contributed by atoms with Crippen LogP contribution in [0.3, 0.4) is 0 Å². The average Bonchev–Trinajstić information content (AvgIpc) is 2.98. The van der Waals surface area contributed by atoms with Gasteiger partial charge in [-0.15, -0.1) is 0 Å². The van der Waals surface area contributed by atoms with E-state index in [4.69, 9.17) is 9.47 Å². The van der Waals surface area contributed by atoms with Gasteiger partial charge in [-0.3, -0.25) is 0 Å². The second kappa shape index (κ2) is 8.22. The Morgan fingerprint density at radius 3 is 2.92 bits per heavy atom. The van der Waals surface area contributed by atoms with Crippen LogP contribution in [0.2, 0.25) is 0 Å². The lowest BCUT2D eigenvalue weighted by Crippen LogP contribution is -2.26. The summed E-state index contributed by atoms with van der Waals surface area (Å²) in [4.78, 5) is 11.6. The quantitative estimate of drug-likeness (QED) is 0.768. The Morgan fingerprint density at radius 1 is 1.32 bits per heavy atom. The molecule has 0 radical (unpaired) electrons. The molecule has 4 atom stereocenters. The highest BCUT2D eigenvalue weighted by molar-refractivity contribution is 5.71. The number of hydrogen-bond donors (Lipinski definition) is 1. The molecule has 1 aromatic rings. The molecule has 0 amide bonds. The fourth-order valence-corrected chi connectivity index (χ4v) is 4.67. The van der Waals surface area contributed by atoms with E-state index in [1.165, 1.54) is 24.0 Å². The van der Waals surface area contributed by atoms with Crippen molar-refractivity contribution in [2.24, 2.45) is 17.8 Å². The van der Waals surface area contributed by atoms with E-state index in [1.54, 1.807) is 6.92 Å². The van der Waals surface area contributed by atoms with Crippen molar-refractivity contribution >= 4 is 5.97 Å². The lowest BCUT2D eigenvalue weighted by molar-refractivity contribution is -0.145. The van der Waals surface area contributed by atoms with Gasteiger partial charge in [0.25, 0.3) is 0 Å². The molecule has 1 fully saturated rings. The van der Waals surface area contributed by atoms with Gasteiger partial charge in [0, 0.05) is 0 Å². The van der Waals surface area contributed by atoms with Crippen LogP contribution in [0.1, 0.15) is 50.7 Å². The van der Waals surface area contributed by atoms with Gasteiger partial charge in [0.2, 0.25) is 0 Å². The van der Waals surface area contributed by atoms with Crippen LogP contribution in [0.4, 0.5) is 0 Å². The lowest BCUT2D eigenvalue weighted by atomic mass is 9.73. The van der Waals surface area contributed by atoms with Crippen LogP contribution in [0.15, 0.2) is 18.2 Å². The lowest BCUT2D eigenvalue weighted by Gasteiger charge is -2.32. The molecule has 0 aromatic heterocycles. The number of hydrogen-bond acceptors (Lipinski definition) is 4. The van der Waals surface area contributed by atoms with Gasteiger partial charge in [-0.1, -0.05) is 12.1 Å². The third-order valence-electron chi connectivity index (χ3n) is 5.88. The summed E-state index contributed by atoms with van der Waals surface area (Å²) in [6.07, 6.45) is 6.52. The first kappa shape index (κ1) is 18.2. The molecule has 1 aromatic carbocycles. The van der Waals surface area contributed by atoms with Gasteiger partial charge in [0.05, 0.1) is 12.7 Å². The summed E-state index contributed by atoms with van der Waals surface area (Å²) < 4.78 is 10.7. The molecule has 0 saturated heterocycles. The molecule has 0 spiro atoms. The number of aliphatic hydroxyl groups is 1. The first-order valence-electron chi connectivity index (χ1n) is 9.65. The van der Waals surface area contributed by atoms with Crippen molar-refractivity contribution in [3.05, 3.63) is 29.3 Å². The van der Waals surface area contributed by atoms with Crippen LogP contribution in [0.25, 0.3) is 0 Å². The molecule has 4 unspecified atom stereocenters. The van der Waals surface area contributed by atoms with E-state index in [9.17, 15) is 9.90 Å². The molecule has 25 heavy (non-hydrogen) atoms. The highest BCUT2D eigenvalue weighted by Gasteiger charge is 2.39. The van der Waals surface area contributed by atoms with Crippen LogP contribution >= 0.6 is 0 Å². The zero-order valence-corrected chi connectivity index (χ0v) is 15.4. The molecule has 4 nitrogen and oxygen atoms in total. The molecule has 138 valence electrons. The summed E-state index contributed by atoms with van der Waals surface area (Å²) in [5.74, 6) is 2.70. The van der Waals surface area contributed by atoms with Crippen LogP contribution in [-0.4, -0.2) is 30.4 Å². The average molecular weight is 346 g/mol. The number of aliphatic hydroxyl groups excluding tert-OH is 1. The monoisotopic (exact) mass is 346 g/mol. The Labute approximate surface area is 150 Å². The fourth-order valence-electron chi connectivity index (χ4n) is 4.67. The Kier molecular flexibility index (Phi) is 6.00. The van der Waals surface area contributed by atoms with Gasteiger partial charge in [0.15, 0.2) is 6.61 Å². The summed E-state index contributed by atoms with van der Waals surface area (Å²) in [6, 6.07) is 6.20. The number of fused-ring (bicyclic) bond motifs is 2. The van der Waals surface area contributed by atoms with Crippen molar-refractivity contribution in [2.75, 3.05) is 13.2 Å². The standard InChI is InChI=1S/C21H30O4/c1-3-24-21(23)13-25-20-6-4-5-16-11-18-15(8-7-14(2)22)9-10-17(18)12-19(16)20/h4-6,14-15,17-18,22H,3,7-13H2,1-2H3. The summed E-state index contributed by atoms with van der Waals surface area (Å²) >= 11 is 0. The Morgan fingerprint density at radius 2 is 2.16 bits per heavy atom. The molecule has 1 N–H and O–H groups in total. The molecule has 3 rings (SSSR count). The molecule has 0 bridgehead atoms. The van der Waals surface area contributed by atoms with E-state index in [-0.39, 0.29) is 18.7 Å².